The maximum Gasteiger partial charge on any atom is 0.0520 e. The Hall–Kier alpha value is 0.110. The SMILES string of the molecule is CC(O)CCS(C)=O. The number of aliphatic hydroxyl groups excluding tert-OH is 1. The van der Waals surface area contributed by atoms with Crippen molar-refractivity contribution >= 4 is 10.8 Å². The predicted octanol–water partition coefficient (Wildman–Crippen LogP) is 0.136. The summed E-state index contributed by atoms with van der Waals surface area (Å²) in [6.07, 6.45) is 1.98. The Morgan fingerprint density at radius 3 is 2.38 bits per heavy atom. The molecule has 3 heteroatoms. The Balaban J connectivity index is 3.05. The lowest BCUT2D eigenvalue weighted by molar-refractivity contribution is 0.192. The molecule has 0 spiro atoms. The van der Waals surface area contributed by atoms with E-state index >= 15 is 0 Å². The van der Waals surface area contributed by atoms with Gasteiger partial charge in [0.05, 0.1) is 6.10 Å². The van der Waals surface area contributed by atoms with Gasteiger partial charge in [0, 0.05) is 22.8 Å². The fourth-order valence-corrected chi connectivity index (χ4v) is 1.01. The first-order valence-corrected chi connectivity index (χ1v) is 4.33. The summed E-state index contributed by atoms with van der Waals surface area (Å²) >= 11 is 0. The lowest BCUT2D eigenvalue weighted by Gasteiger charge is -1.98. The van der Waals surface area contributed by atoms with Gasteiger partial charge in [-0.2, -0.15) is 0 Å². The third-order valence-corrected chi connectivity index (χ3v) is 1.63. The molecule has 0 saturated carbocycles. The van der Waals surface area contributed by atoms with E-state index < -0.39 is 10.8 Å². The normalized spacial score (nSPS) is 17.9. The molecule has 8 heavy (non-hydrogen) atoms. The molecular weight excluding hydrogens is 124 g/mol. The Kier molecular flexibility index (Phi) is 4.09. The zero-order valence-electron chi connectivity index (χ0n) is 5.26. The van der Waals surface area contributed by atoms with Gasteiger partial charge in [0.15, 0.2) is 0 Å². The van der Waals surface area contributed by atoms with Gasteiger partial charge in [-0.3, -0.25) is 4.21 Å². The van der Waals surface area contributed by atoms with Crippen molar-refractivity contribution in [1.82, 2.24) is 0 Å². The molecule has 0 saturated heterocycles. The van der Waals surface area contributed by atoms with Crippen molar-refractivity contribution in [2.75, 3.05) is 12.0 Å². The Bertz CT molecular complexity index is 80.5. The zero-order valence-corrected chi connectivity index (χ0v) is 6.07. The lowest BCUT2D eigenvalue weighted by atomic mass is 10.3. The first-order valence-electron chi connectivity index (χ1n) is 2.61. The van der Waals surface area contributed by atoms with Gasteiger partial charge < -0.3 is 5.11 Å². The first-order chi connectivity index (χ1) is 3.63. The van der Waals surface area contributed by atoms with Crippen LogP contribution in [0.4, 0.5) is 0 Å². The summed E-state index contributed by atoms with van der Waals surface area (Å²) in [5.41, 5.74) is 0. The molecule has 0 aliphatic carbocycles. The number of rotatable bonds is 3. The second-order valence-corrected chi connectivity index (χ2v) is 3.47. The highest BCUT2D eigenvalue weighted by atomic mass is 32.2. The van der Waals surface area contributed by atoms with E-state index in [0.717, 1.165) is 0 Å². The van der Waals surface area contributed by atoms with Crippen molar-refractivity contribution in [1.29, 1.82) is 0 Å². The van der Waals surface area contributed by atoms with E-state index in [1.807, 2.05) is 0 Å². The molecule has 0 fully saturated rings. The molecule has 0 radical (unpaired) electrons. The van der Waals surface area contributed by atoms with Crippen LogP contribution in [-0.2, 0) is 10.8 Å². The van der Waals surface area contributed by atoms with Crippen LogP contribution in [0.2, 0.25) is 0 Å². The molecule has 0 aromatic carbocycles. The van der Waals surface area contributed by atoms with Gasteiger partial charge in [0.25, 0.3) is 0 Å². The summed E-state index contributed by atoms with van der Waals surface area (Å²) in [5, 5.41) is 8.67. The third-order valence-electron chi connectivity index (χ3n) is 0.823. The second-order valence-electron chi connectivity index (χ2n) is 1.92. The lowest BCUT2D eigenvalue weighted by Crippen LogP contribution is -2.05. The Morgan fingerprint density at radius 2 is 2.25 bits per heavy atom. The molecule has 0 aliphatic rings. The molecule has 0 heterocycles. The van der Waals surface area contributed by atoms with Crippen molar-refractivity contribution < 1.29 is 9.32 Å². The van der Waals surface area contributed by atoms with E-state index in [9.17, 15) is 4.21 Å². The van der Waals surface area contributed by atoms with Gasteiger partial charge in [-0.15, -0.1) is 0 Å². The van der Waals surface area contributed by atoms with Crippen LogP contribution in [0.5, 0.6) is 0 Å². The molecule has 50 valence electrons. The second kappa shape index (κ2) is 4.04. The summed E-state index contributed by atoms with van der Waals surface area (Å²) in [6.45, 7) is 1.70. The molecule has 0 bridgehead atoms. The van der Waals surface area contributed by atoms with Gasteiger partial charge in [-0.05, 0) is 13.3 Å². The number of hydrogen-bond donors (Lipinski definition) is 1. The number of hydrogen-bond acceptors (Lipinski definition) is 2. The quantitative estimate of drug-likeness (QED) is 0.599. The molecule has 0 rings (SSSR count). The summed E-state index contributed by atoms with van der Waals surface area (Å²) in [6, 6.07) is 0. The smallest absolute Gasteiger partial charge is 0.0520 e. The first kappa shape index (κ1) is 8.11. The molecule has 0 aliphatic heterocycles. The Labute approximate surface area is 52.4 Å². The summed E-state index contributed by atoms with van der Waals surface area (Å²) in [5.74, 6) is 0.609. The van der Waals surface area contributed by atoms with E-state index in [0.29, 0.717) is 12.2 Å². The van der Waals surface area contributed by atoms with E-state index in [2.05, 4.69) is 0 Å². The van der Waals surface area contributed by atoms with Crippen molar-refractivity contribution in [3.63, 3.8) is 0 Å². The highest BCUT2D eigenvalue weighted by molar-refractivity contribution is 7.84. The molecule has 2 atom stereocenters. The monoisotopic (exact) mass is 136 g/mol. The van der Waals surface area contributed by atoms with E-state index in [-0.39, 0.29) is 6.10 Å². The van der Waals surface area contributed by atoms with Crippen LogP contribution in [0, 0.1) is 0 Å². The van der Waals surface area contributed by atoms with Crippen molar-refractivity contribution in [3.8, 4) is 0 Å². The van der Waals surface area contributed by atoms with E-state index in [1.165, 1.54) is 0 Å². The van der Waals surface area contributed by atoms with E-state index in [1.54, 1.807) is 13.2 Å². The summed E-state index contributed by atoms with van der Waals surface area (Å²) < 4.78 is 10.3. The highest BCUT2D eigenvalue weighted by Crippen LogP contribution is 1.89. The molecule has 2 unspecified atom stereocenters. The highest BCUT2D eigenvalue weighted by Gasteiger charge is 1.95. The molecular formula is C5H12O2S. The Morgan fingerprint density at radius 1 is 1.75 bits per heavy atom. The minimum Gasteiger partial charge on any atom is -0.393 e. The predicted molar refractivity (Wildman–Crippen MR) is 35.2 cm³/mol. The van der Waals surface area contributed by atoms with Crippen molar-refractivity contribution in [3.05, 3.63) is 0 Å². The van der Waals surface area contributed by atoms with Gasteiger partial charge in [0.1, 0.15) is 0 Å². The fraction of sp³-hybridized carbons (Fsp3) is 1.00. The van der Waals surface area contributed by atoms with Crippen LogP contribution in [0.25, 0.3) is 0 Å². The maximum absolute atomic E-state index is 10.3. The van der Waals surface area contributed by atoms with E-state index in [4.69, 9.17) is 5.11 Å². The average molecular weight is 136 g/mol. The zero-order chi connectivity index (χ0) is 6.57. The largest absolute Gasteiger partial charge is 0.393 e. The van der Waals surface area contributed by atoms with Crippen molar-refractivity contribution in [2.24, 2.45) is 0 Å². The van der Waals surface area contributed by atoms with Gasteiger partial charge in [-0.1, -0.05) is 0 Å². The fourth-order valence-electron chi connectivity index (χ4n) is 0.337. The molecule has 2 nitrogen and oxygen atoms in total. The molecule has 0 amide bonds. The van der Waals surface area contributed by atoms with Crippen LogP contribution in [0.1, 0.15) is 13.3 Å². The molecule has 0 aromatic heterocycles. The third kappa shape index (κ3) is 6.11. The minimum absolute atomic E-state index is 0.307. The van der Waals surface area contributed by atoms with Crippen LogP contribution in [0.3, 0.4) is 0 Å². The van der Waals surface area contributed by atoms with Crippen LogP contribution < -0.4 is 0 Å². The standard InChI is InChI=1S/C5H12O2S/c1-5(6)3-4-8(2)7/h5-6H,3-4H2,1-2H3. The topological polar surface area (TPSA) is 37.3 Å². The average Bonchev–Trinajstić information content (AvgIpc) is 1.61. The summed E-state index contributed by atoms with van der Waals surface area (Å²) in [4.78, 5) is 0. The minimum atomic E-state index is -0.746. The van der Waals surface area contributed by atoms with Gasteiger partial charge in [-0.25, -0.2) is 0 Å². The van der Waals surface area contributed by atoms with Gasteiger partial charge in [0.2, 0.25) is 0 Å². The maximum atomic E-state index is 10.3. The summed E-state index contributed by atoms with van der Waals surface area (Å²) in [7, 11) is -0.746. The molecule has 1 N–H and O–H groups in total. The van der Waals surface area contributed by atoms with Crippen LogP contribution >= 0.6 is 0 Å². The van der Waals surface area contributed by atoms with Gasteiger partial charge >= 0.3 is 0 Å². The molecule has 0 aromatic rings. The van der Waals surface area contributed by atoms with Crippen molar-refractivity contribution in [2.45, 2.75) is 19.4 Å². The van der Waals surface area contributed by atoms with Crippen LogP contribution in [0.15, 0.2) is 0 Å². The van der Waals surface area contributed by atoms with Crippen LogP contribution in [-0.4, -0.2) is 27.4 Å². The number of aliphatic hydroxyl groups is 1.